The number of Topliss-reactive ketones (excluding diaryl/α,β-unsaturated/α-hetero) is 1. The monoisotopic (exact) mass is 384 g/mol. The summed E-state index contributed by atoms with van der Waals surface area (Å²) in [5.41, 5.74) is 1.59. The number of benzene rings is 1. The molecule has 1 unspecified atom stereocenters. The number of aromatic amines is 1. The predicted octanol–water partition coefficient (Wildman–Crippen LogP) is 1.44. The summed E-state index contributed by atoms with van der Waals surface area (Å²) in [5, 5.41) is 22.6. The minimum absolute atomic E-state index is 0.233. The minimum Gasteiger partial charge on any atom is -0.394 e. The number of ketones is 1. The van der Waals surface area contributed by atoms with Gasteiger partial charge in [-0.3, -0.25) is 19.5 Å². The number of thiophene rings is 1. The quantitative estimate of drug-likeness (QED) is 0.362. The molecule has 2 amide bonds. The van der Waals surface area contributed by atoms with E-state index in [9.17, 15) is 19.5 Å². The van der Waals surface area contributed by atoms with Crippen LogP contribution in [0.4, 0.5) is 5.82 Å². The summed E-state index contributed by atoms with van der Waals surface area (Å²) in [6, 6.07) is 12.9. The van der Waals surface area contributed by atoms with Crippen molar-refractivity contribution in [3.8, 4) is 11.3 Å². The minimum atomic E-state index is -1.28. The normalized spacial score (nSPS) is 11.6. The van der Waals surface area contributed by atoms with Crippen LogP contribution in [0.2, 0.25) is 0 Å². The van der Waals surface area contributed by atoms with Crippen LogP contribution in [0.25, 0.3) is 11.3 Å². The number of hydrogen-bond acceptors (Lipinski definition) is 6. The molecule has 4 N–H and O–H groups in total. The van der Waals surface area contributed by atoms with E-state index in [0.717, 1.165) is 16.9 Å². The van der Waals surface area contributed by atoms with E-state index in [1.807, 2.05) is 30.3 Å². The zero-order valence-corrected chi connectivity index (χ0v) is 14.8. The Bertz CT molecular complexity index is 937. The zero-order chi connectivity index (χ0) is 19.2. The Morgan fingerprint density at radius 2 is 1.93 bits per heavy atom. The topological polar surface area (TPSA) is 124 Å². The molecular formula is C18H16N4O4S. The van der Waals surface area contributed by atoms with Gasteiger partial charge in [0.05, 0.1) is 17.2 Å². The maximum atomic E-state index is 12.3. The molecule has 2 heterocycles. The van der Waals surface area contributed by atoms with Crippen molar-refractivity contribution >= 4 is 34.8 Å². The van der Waals surface area contributed by atoms with Gasteiger partial charge in [0.2, 0.25) is 0 Å². The van der Waals surface area contributed by atoms with Gasteiger partial charge in [-0.15, -0.1) is 11.3 Å². The smallest absolute Gasteiger partial charge is 0.293 e. The molecule has 9 heteroatoms. The average Bonchev–Trinajstić information content (AvgIpc) is 3.38. The van der Waals surface area contributed by atoms with E-state index in [-0.39, 0.29) is 10.7 Å². The molecule has 1 aromatic carbocycles. The van der Waals surface area contributed by atoms with Crippen molar-refractivity contribution in [1.29, 1.82) is 0 Å². The highest BCUT2D eigenvalue weighted by Crippen LogP contribution is 2.19. The molecule has 138 valence electrons. The number of aliphatic hydroxyl groups excluding tert-OH is 1. The number of aliphatic hydroxyl groups is 1. The van der Waals surface area contributed by atoms with Gasteiger partial charge in [0.1, 0.15) is 6.04 Å². The van der Waals surface area contributed by atoms with Crippen molar-refractivity contribution in [2.45, 2.75) is 6.04 Å². The Morgan fingerprint density at radius 3 is 2.59 bits per heavy atom. The van der Waals surface area contributed by atoms with E-state index in [2.05, 4.69) is 20.8 Å². The summed E-state index contributed by atoms with van der Waals surface area (Å²) < 4.78 is 0. The van der Waals surface area contributed by atoms with E-state index < -0.39 is 30.2 Å². The van der Waals surface area contributed by atoms with E-state index in [0.29, 0.717) is 5.69 Å². The molecule has 0 saturated carbocycles. The molecule has 0 aliphatic heterocycles. The number of nitrogens with one attached hydrogen (secondary N) is 3. The molecule has 8 nitrogen and oxygen atoms in total. The second kappa shape index (κ2) is 8.39. The fourth-order valence-corrected chi connectivity index (χ4v) is 2.96. The lowest BCUT2D eigenvalue weighted by Gasteiger charge is -2.14. The van der Waals surface area contributed by atoms with Crippen LogP contribution in [-0.4, -0.2) is 45.6 Å². The SMILES string of the molecule is O=C(NC(CO)C(=O)Nc1cc(-c2ccccc2)[nH]n1)C(=O)c1cccs1. The van der Waals surface area contributed by atoms with Crippen LogP contribution in [0.3, 0.4) is 0 Å². The third-order valence-electron chi connectivity index (χ3n) is 3.67. The maximum absolute atomic E-state index is 12.3. The highest BCUT2D eigenvalue weighted by Gasteiger charge is 2.25. The van der Waals surface area contributed by atoms with Gasteiger partial charge in [-0.1, -0.05) is 36.4 Å². The Hall–Kier alpha value is -3.30. The third kappa shape index (κ3) is 4.46. The number of anilines is 1. The Balaban J connectivity index is 1.63. The second-order valence-corrected chi connectivity index (χ2v) is 6.48. The molecule has 27 heavy (non-hydrogen) atoms. The highest BCUT2D eigenvalue weighted by atomic mass is 32.1. The zero-order valence-electron chi connectivity index (χ0n) is 14.0. The summed E-state index contributed by atoms with van der Waals surface area (Å²) in [4.78, 5) is 36.5. The molecule has 0 bridgehead atoms. The first-order chi connectivity index (χ1) is 13.1. The summed E-state index contributed by atoms with van der Waals surface area (Å²) in [6.07, 6.45) is 0. The van der Waals surface area contributed by atoms with Crippen LogP contribution in [0.5, 0.6) is 0 Å². The van der Waals surface area contributed by atoms with Gasteiger partial charge >= 0.3 is 0 Å². The second-order valence-electron chi connectivity index (χ2n) is 5.54. The highest BCUT2D eigenvalue weighted by molar-refractivity contribution is 7.13. The van der Waals surface area contributed by atoms with Gasteiger partial charge in [-0.25, -0.2) is 0 Å². The lowest BCUT2D eigenvalue weighted by Crippen LogP contribution is -2.48. The van der Waals surface area contributed by atoms with Crippen molar-refractivity contribution in [1.82, 2.24) is 15.5 Å². The number of carbonyl (C=O) groups is 3. The molecule has 1 atom stereocenters. The molecule has 2 aromatic heterocycles. The van der Waals surface area contributed by atoms with Gasteiger partial charge in [0.25, 0.3) is 17.6 Å². The number of rotatable bonds is 7. The van der Waals surface area contributed by atoms with Gasteiger partial charge < -0.3 is 15.7 Å². The fourth-order valence-electron chi connectivity index (χ4n) is 2.30. The Morgan fingerprint density at radius 1 is 1.15 bits per heavy atom. The maximum Gasteiger partial charge on any atom is 0.293 e. The summed E-state index contributed by atoms with van der Waals surface area (Å²) in [7, 11) is 0. The van der Waals surface area contributed by atoms with Crippen LogP contribution in [0.15, 0.2) is 53.9 Å². The lowest BCUT2D eigenvalue weighted by atomic mass is 10.1. The van der Waals surface area contributed by atoms with Crippen LogP contribution in [-0.2, 0) is 9.59 Å². The molecule has 0 aliphatic carbocycles. The van der Waals surface area contributed by atoms with E-state index in [1.54, 1.807) is 17.5 Å². The first-order valence-corrected chi connectivity index (χ1v) is 8.87. The summed E-state index contributed by atoms with van der Waals surface area (Å²) >= 11 is 1.12. The van der Waals surface area contributed by atoms with E-state index in [1.165, 1.54) is 6.07 Å². The first-order valence-electron chi connectivity index (χ1n) is 7.99. The first kappa shape index (κ1) is 18.5. The predicted molar refractivity (Wildman–Crippen MR) is 100 cm³/mol. The third-order valence-corrected chi connectivity index (χ3v) is 4.54. The Labute approximate surface area is 158 Å². The van der Waals surface area contributed by atoms with E-state index in [4.69, 9.17) is 0 Å². The van der Waals surface area contributed by atoms with Crippen LogP contribution < -0.4 is 10.6 Å². The van der Waals surface area contributed by atoms with E-state index >= 15 is 0 Å². The van der Waals surface area contributed by atoms with Crippen LogP contribution in [0.1, 0.15) is 9.67 Å². The number of carbonyl (C=O) groups excluding carboxylic acids is 3. The van der Waals surface area contributed by atoms with Gasteiger partial charge in [-0.05, 0) is 17.0 Å². The molecule has 0 spiro atoms. The van der Waals surface area contributed by atoms with Gasteiger partial charge in [0, 0.05) is 6.07 Å². The number of H-pyrrole nitrogens is 1. The molecule has 3 aromatic rings. The van der Waals surface area contributed by atoms with Crippen LogP contribution >= 0.6 is 11.3 Å². The summed E-state index contributed by atoms with van der Waals surface area (Å²) in [5.74, 6) is -2.17. The Kier molecular flexibility index (Phi) is 5.74. The molecule has 0 radical (unpaired) electrons. The number of nitrogens with zero attached hydrogens (tertiary/aromatic N) is 1. The lowest BCUT2D eigenvalue weighted by molar-refractivity contribution is -0.124. The van der Waals surface area contributed by atoms with Crippen molar-refractivity contribution < 1.29 is 19.5 Å². The fraction of sp³-hybridized carbons (Fsp3) is 0.111. The van der Waals surface area contributed by atoms with Crippen molar-refractivity contribution in [3.05, 3.63) is 58.8 Å². The number of aromatic nitrogens is 2. The molecular weight excluding hydrogens is 368 g/mol. The molecule has 3 rings (SSSR count). The molecule has 0 fully saturated rings. The van der Waals surface area contributed by atoms with Crippen molar-refractivity contribution in [2.75, 3.05) is 11.9 Å². The largest absolute Gasteiger partial charge is 0.394 e. The molecule has 0 aliphatic rings. The van der Waals surface area contributed by atoms with Gasteiger partial charge in [-0.2, -0.15) is 5.10 Å². The van der Waals surface area contributed by atoms with Crippen molar-refractivity contribution in [2.24, 2.45) is 0 Å². The van der Waals surface area contributed by atoms with Gasteiger partial charge in [0.15, 0.2) is 5.82 Å². The standard InChI is InChI=1S/C18H16N4O4S/c23-10-13(19-18(26)16(24)14-7-4-8-27-14)17(25)20-15-9-12(21-22-15)11-5-2-1-3-6-11/h1-9,13,23H,10H2,(H,19,26)(H2,20,21,22,25). The number of hydrogen-bond donors (Lipinski definition) is 4. The molecule has 0 saturated heterocycles. The number of amides is 2. The average molecular weight is 384 g/mol. The van der Waals surface area contributed by atoms with Crippen LogP contribution in [0, 0.1) is 0 Å². The van der Waals surface area contributed by atoms with Crippen molar-refractivity contribution in [3.63, 3.8) is 0 Å². The summed E-state index contributed by atoms with van der Waals surface area (Å²) in [6.45, 7) is -0.661.